The molecule has 1 heterocycles. The second-order valence-corrected chi connectivity index (χ2v) is 7.36. The van der Waals surface area contributed by atoms with Crippen molar-refractivity contribution in [1.29, 1.82) is 0 Å². The van der Waals surface area contributed by atoms with Crippen LogP contribution in [0.2, 0.25) is 0 Å². The lowest BCUT2D eigenvalue weighted by atomic mass is 9.72. The summed E-state index contributed by atoms with van der Waals surface area (Å²) in [5.41, 5.74) is -0.387. The highest BCUT2D eigenvalue weighted by Crippen LogP contribution is 2.43. The number of Topliss-reactive ketones (excluding diaryl/α,β-unsaturated/α-hetero) is 1. The fourth-order valence-electron chi connectivity index (χ4n) is 3.34. The smallest absolute Gasteiger partial charge is 0.321 e. The number of ether oxygens (including phenoxy) is 2. The first-order valence-electron chi connectivity index (χ1n) is 7.88. The van der Waals surface area contributed by atoms with Crippen molar-refractivity contribution < 1.29 is 23.9 Å². The van der Waals surface area contributed by atoms with Crippen molar-refractivity contribution in [1.82, 2.24) is 0 Å². The van der Waals surface area contributed by atoms with Gasteiger partial charge < -0.3 is 9.47 Å². The summed E-state index contributed by atoms with van der Waals surface area (Å²) in [6.45, 7) is 7.02. The summed E-state index contributed by atoms with van der Waals surface area (Å²) in [6, 6.07) is 6.99. The van der Waals surface area contributed by atoms with Crippen molar-refractivity contribution in [2.24, 2.45) is 17.8 Å². The molecular weight excluding hydrogens is 376 g/mol. The van der Waals surface area contributed by atoms with Gasteiger partial charge in [-0.2, -0.15) is 0 Å². The van der Waals surface area contributed by atoms with Gasteiger partial charge in [0.15, 0.2) is 11.7 Å². The van der Waals surface area contributed by atoms with Crippen LogP contribution in [0.3, 0.4) is 0 Å². The number of halogens is 1. The van der Waals surface area contributed by atoms with E-state index >= 15 is 0 Å². The van der Waals surface area contributed by atoms with Crippen molar-refractivity contribution in [3.8, 4) is 0 Å². The SMILES string of the molecule is CCOC(=O)[C@@H]1C(=O)OC(C)(C)[C@@H]1[C@H](C)C(=O)c1ccc(Br)cc1. The van der Waals surface area contributed by atoms with Crippen LogP contribution in [0, 0.1) is 17.8 Å². The maximum atomic E-state index is 12.8. The summed E-state index contributed by atoms with van der Waals surface area (Å²) in [5, 5.41) is 0. The molecule has 130 valence electrons. The summed E-state index contributed by atoms with van der Waals surface area (Å²) in [5.74, 6) is -3.61. The fourth-order valence-corrected chi connectivity index (χ4v) is 3.61. The standard InChI is InChI=1S/C18H21BrO5/c1-5-23-16(21)13-14(18(3,4)24-17(13)22)10(2)15(20)11-6-8-12(19)9-7-11/h6-10,13-14H,5H2,1-4H3/t10-,13+,14+/m0/s1. The molecule has 0 N–H and O–H groups in total. The number of rotatable bonds is 5. The zero-order valence-corrected chi connectivity index (χ0v) is 15.8. The van der Waals surface area contributed by atoms with Crippen molar-refractivity contribution in [3.63, 3.8) is 0 Å². The molecule has 1 aliphatic heterocycles. The van der Waals surface area contributed by atoms with Gasteiger partial charge in [-0.3, -0.25) is 14.4 Å². The number of carbonyl (C=O) groups excluding carboxylic acids is 3. The Bertz CT molecular complexity index is 650. The lowest BCUT2D eigenvalue weighted by Crippen LogP contribution is -2.41. The van der Waals surface area contributed by atoms with E-state index in [2.05, 4.69) is 15.9 Å². The third kappa shape index (κ3) is 3.53. The van der Waals surface area contributed by atoms with Crippen LogP contribution in [0.15, 0.2) is 28.7 Å². The number of carbonyl (C=O) groups is 3. The first kappa shape index (κ1) is 18.6. The first-order chi connectivity index (χ1) is 11.2. The summed E-state index contributed by atoms with van der Waals surface area (Å²) in [6.07, 6.45) is 0. The fraction of sp³-hybridized carbons (Fsp3) is 0.500. The van der Waals surface area contributed by atoms with Crippen molar-refractivity contribution in [2.45, 2.75) is 33.3 Å². The molecule has 3 atom stereocenters. The van der Waals surface area contributed by atoms with Gasteiger partial charge in [-0.25, -0.2) is 0 Å². The zero-order chi connectivity index (χ0) is 18.1. The van der Waals surface area contributed by atoms with Gasteiger partial charge in [-0.1, -0.05) is 35.0 Å². The molecule has 0 amide bonds. The average Bonchev–Trinajstić information content (AvgIpc) is 2.75. The third-order valence-corrected chi connectivity index (χ3v) is 4.93. The molecule has 0 radical (unpaired) electrons. The Morgan fingerprint density at radius 3 is 2.42 bits per heavy atom. The van der Waals surface area contributed by atoms with Gasteiger partial charge in [0, 0.05) is 21.9 Å². The molecule has 6 heteroatoms. The Morgan fingerprint density at radius 1 is 1.29 bits per heavy atom. The Hall–Kier alpha value is -1.69. The number of hydrogen-bond donors (Lipinski definition) is 0. The molecule has 0 aliphatic carbocycles. The maximum Gasteiger partial charge on any atom is 0.321 e. The molecule has 0 unspecified atom stereocenters. The summed E-state index contributed by atoms with van der Waals surface area (Å²) < 4.78 is 11.3. The van der Waals surface area contributed by atoms with Crippen LogP contribution >= 0.6 is 15.9 Å². The van der Waals surface area contributed by atoms with Gasteiger partial charge in [0.05, 0.1) is 6.61 Å². The Kier molecular flexibility index (Phi) is 5.48. The highest BCUT2D eigenvalue weighted by Gasteiger charge is 2.57. The van der Waals surface area contributed by atoms with Crippen molar-refractivity contribution in [3.05, 3.63) is 34.3 Å². The minimum absolute atomic E-state index is 0.131. The molecule has 24 heavy (non-hydrogen) atoms. The molecule has 1 aromatic rings. The van der Waals surface area contributed by atoms with E-state index < -0.39 is 35.3 Å². The van der Waals surface area contributed by atoms with E-state index in [0.29, 0.717) is 5.56 Å². The molecule has 1 fully saturated rings. The molecule has 0 bridgehead atoms. The second kappa shape index (κ2) is 7.05. The van der Waals surface area contributed by atoms with Gasteiger partial charge in [-0.15, -0.1) is 0 Å². The van der Waals surface area contributed by atoms with Crippen molar-refractivity contribution >= 4 is 33.7 Å². The molecular formula is C18H21BrO5. The van der Waals surface area contributed by atoms with Gasteiger partial charge >= 0.3 is 11.9 Å². The third-order valence-electron chi connectivity index (χ3n) is 4.40. The quantitative estimate of drug-likeness (QED) is 0.433. The first-order valence-corrected chi connectivity index (χ1v) is 8.67. The normalized spacial score (nSPS) is 23.5. The molecule has 0 saturated carbocycles. The second-order valence-electron chi connectivity index (χ2n) is 6.44. The zero-order valence-electron chi connectivity index (χ0n) is 14.2. The van der Waals surface area contributed by atoms with E-state index in [1.54, 1.807) is 52.0 Å². The van der Waals surface area contributed by atoms with E-state index in [1.165, 1.54) is 0 Å². The topological polar surface area (TPSA) is 69.7 Å². The number of benzene rings is 1. The largest absolute Gasteiger partial charge is 0.465 e. The van der Waals surface area contributed by atoms with Crippen LogP contribution in [0.25, 0.3) is 0 Å². The van der Waals surface area contributed by atoms with Gasteiger partial charge in [-0.05, 0) is 32.9 Å². The van der Waals surface area contributed by atoms with Crippen LogP contribution < -0.4 is 0 Å². The molecule has 0 spiro atoms. The lowest BCUT2D eigenvalue weighted by Gasteiger charge is -2.30. The number of hydrogen-bond acceptors (Lipinski definition) is 5. The van der Waals surface area contributed by atoms with Crippen molar-refractivity contribution in [2.75, 3.05) is 6.61 Å². The minimum Gasteiger partial charge on any atom is -0.465 e. The molecule has 5 nitrogen and oxygen atoms in total. The molecule has 1 aromatic carbocycles. The van der Waals surface area contributed by atoms with E-state index in [9.17, 15) is 14.4 Å². The molecule has 1 aliphatic rings. The molecule has 2 rings (SSSR count). The van der Waals surface area contributed by atoms with Crippen LogP contribution in [-0.2, 0) is 19.1 Å². The van der Waals surface area contributed by atoms with Gasteiger partial charge in [0.25, 0.3) is 0 Å². The summed E-state index contributed by atoms with van der Waals surface area (Å²) in [7, 11) is 0. The monoisotopic (exact) mass is 396 g/mol. The molecule has 0 aromatic heterocycles. The highest BCUT2D eigenvalue weighted by atomic mass is 79.9. The van der Waals surface area contributed by atoms with Crippen LogP contribution in [0.4, 0.5) is 0 Å². The Balaban J connectivity index is 2.33. The predicted molar refractivity (Wildman–Crippen MR) is 91.4 cm³/mol. The Morgan fingerprint density at radius 2 is 1.88 bits per heavy atom. The highest BCUT2D eigenvalue weighted by molar-refractivity contribution is 9.10. The van der Waals surface area contributed by atoms with Crippen LogP contribution in [-0.4, -0.2) is 29.9 Å². The van der Waals surface area contributed by atoms with Gasteiger partial charge in [0.1, 0.15) is 5.60 Å². The molecule has 1 saturated heterocycles. The number of ketones is 1. The van der Waals surface area contributed by atoms with Gasteiger partial charge in [0.2, 0.25) is 0 Å². The summed E-state index contributed by atoms with van der Waals surface area (Å²) >= 11 is 3.33. The predicted octanol–water partition coefficient (Wildman–Crippen LogP) is 3.40. The summed E-state index contributed by atoms with van der Waals surface area (Å²) in [4.78, 5) is 37.2. The van der Waals surface area contributed by atoms with E-state index in [0.717, 1.165) is 4.47 Å². The lowest BCUT2D eigenvalue weighted by molar-refractivity contribution is -0.157. The number of cyclic esters (lactones) is 1. The number of esters is 2. The van der Waals surface area contributed by atoms with E-state index in [-0.39, 0.29) is 12.4 Å². The van der Waals surface area contributed by atoms with Crippen LogP contribution in [0.1, 0.15) is 38.1 Å². The Labute approximate surface area is 149 Å². The van der Waals surface area contributed by atoms with Crippen LogP contribution in [0.5, 0.6) is 0 Å². The van der Waals surface area contributed by atoms with E-state index in [4.69, 9.17) is 9.47 Å². The maximum absolute atomic E-state index is 12.8. The van der Waals surface area contributed by atoms with E-state index in [1.807, 2.05) is 0 Å². The average molecular weight is 397 g/mol. The minimum atomic E-state index is -1.07.